The zero-order valence-electron chi connectivity index (χ0n) is 16.2. The highest BCUT2D eigenvalue weighted by molar-refractivity contribution is 6.01. The molecule has 3 aromatic carbocycles. The summed E-state index contributed by atoms with van der Waals surface area (Å²) in [5.74, 6) is 0.476. The SMILES string of the molecule is COc1c2c(cc3oc4cc5ccccc5cc4c(=O)c13)OC(C)(C)[C@@H](O)[C@H]2O. The van der Waals surface area contributed by atoms with Gasteiger partial charge in [0.05, 0.1) is 18.1 Å². The second-order valence-corrected chi connectivity index (χ2v) is 7.92. The molecule has 1 aliphatic heterocycles. The van der Waals surface area contributed by atoms with Crippen LogP contribution in [0.15, 0.2) is 51.7 Å². The zero-order chi connectivity index (χ0) is 20.5. The third kappa shape index (κ3) is 2.46. The van der Waals surface area contributed by atoms with E-state index in [-0.39, 0.29) is 22.1 Å². The summed E-state index contributed by atoms with van der Waals surface area (Å²) in [7, 11) is 1.41. The lowest BCUT2D eigenvalue weighted by atomic mass is 9.87. The fourth-order valence-electron chi connectivity index (χ4n) is 4.12. The highest BCUT2D eigenvalue weighted by Crippen LogP contribution is 2.47. The maximum absolute atomic E-state index is 13.4. The highest BCUT2D eigenvalue weighted by atomic mass is 16.5. The average molecular weight is 392 g/mol. The number of hydrogen-bond acceptors (Lipinski definition) is 6. The summed E-state index contributed by atoms with van der Waals surface area (Å²) >= 11 is 0. The molecule has 2 atom stereocenters. The maximum Gasteiger partial charge on any atom is 0.204 e. The van der Waals surface area contributed by atoms with E-state index < -0.39 is 17.8 Å². The van der Waals surface area contributed by atoms with Crippen LogP contribution in [0, 0.1) is 0 Å². The Balaban J connectivity index is 1.92. The largest absolute Gasteiger partial charge is 0.495 e. The highest BCUT2D eigenvalue weighted by Gasteiger charge is 2.44. The van der Waals surface area contributed by atoms with Crippen LogP contribution in [0.5, 0.6) is 11.5 Å². The normalized spacial score (nSPS) is 20.6. The lowest BCUT2D eigenvalue weighted by Gasteiger charge is -2.40. The van der Waals surface area contributed by atoms with Crippen LogP contribution >= 0.6 is 0 Å². The summed E-state index contributed by atoms with van der Waals surface area (Å²) in [5, 5.41) is 23.7. The van der Waals surface area contributed by atoms with E-state index in [9.17, 15) is 15.0 Å². The van der Waals surface area contributed by atoms with Gasteiger partial charge in [0.1, 0.15) is 45.9 Å². The monoisotopic (exact) mass is 392 g/mol. The molecule has 1 aromatic heterocycles. The minimum atomic E-state index is -1.26. The van der Waals surface area contributed by atoms with Crippen LogP contribution in [0.2, 0.25) is 0 Å². The van der Waals surface area contributed by atoms with Crippen molar-refractivity contribution in [2.24, 2.45) is 0 Å². The molecule has 0 radical (unpaired) electrons. The van der Waals surface area contributed by atoms with Gasteiger partial charge in [0, 0.05) is 6.07 Å². The molecular formula is C23H20O6. The summed E-state index contributed by atoms with van der Waals surface area (Å²) < 4.78 is 17.5. The van der Waals surface area contributed by atoms with Gasteiger partial charge in [-0.1, -0.05) is 24.3 Å². The Labute approximate surface area is 165 Å². The standard InChI is InChI=1S/C23H20O6/c1-23(2)22(26)20(25)18-16(29-23)10-15-17(21(18)27-3)19(24)13-8-11-6-4-5-7-12(11)9-14(13)28-15/h4-10,20,22,25-26H,1-3H3/t20-,22-/m0/s1. The van der Waals surface area contributed by atoms with E-state index in [0.717, 1.165) is 10.8 Å². The molecule has 148 valence electrons. The molecule has 29 heavy (non-hydrogen) atoms. The van der Waals surface area contributed by atoms with E-state index in [1.807, 2.05) is 30.3 Å². The maximum atomic E-state index is 13.4. The molecule has 0 bridgehead atoms. The van der Waals surface area contributed by atoms with Gasteiger partial charge in [-0.25, -0.2) is 0 Å². The number of aliphatic hydroxyl groups excluding tert-OH is 2. The van der Waals surface area contributed by atoms with Crippen LogP contribution in [-0.2, 0) is 0 Å². The van der Waals surface area contributed by atoms with Gasteiger partial charge >= 0.3 is 0 Å². The van der Waals surface area contributed by atoms with Gasteiger partial charge in [-0.15, -0.1) is 0 Å². The first kappa shape index (κ1) is 18.0. The minimum Gasteiger partial charge on any atom is -0.495 e. The lowest BCUT2D eigenvalue weighted by Crippen LogP contribution is -2.48. The van der Waals surface area contributed by atoms with Crippen molar-refractivity contribution in [1.29, 1.82) is 0 Å². The molecule has 0 unspecified atom stereocenters. The zero-order valence-corrected chi connectivity index (χ0v) is 16.2. The van der Waals surface area contributed by atoms with Crippen molar-refractivity contribution < 1.29 is 24.1 Å². The molecule has 0 aliphatic carbocycles. The van der Waals surface area contributed by atoms with Crippen LogP contribution in [0.1, 0.15) is 25.5 Å². The van der Waals surface area contributed by atoms with E-state index in [2.05, 4.69) is 0 Å². The fourth-order valence-corrected chi connectivity index (χ4v) is 4.12. The van der Waals surface area contributed by atoms with Crippen LogP contribution in [0.3, 0.4) is 0 Å². The molecule has 6 heteroatoms. The van der Waals surface area contributed by atoms with E-state index >= 15 is 0 Å². The molecule has 2 N–H and O–H groups in total. The van der Waals surface area contributed by atoms with E-state index in [1.165, 1.54) is 7.11 Å². The van der Waals surface area contributed by atoms with Crippen LogP contribution < -0.4 is 14.9 Å². The second-order valence-electron chi connectivity index (χ2n) is 7.92. The molecule has 0 amide bonds. The van der Waals surface area contributed by atoms with E-state index in [0.29, 0.717) is 22.3 Å². The average Bonchev–Trinajstić information content (AvgIpc) is 2.69. The van der Waals surface area contributed by atoms with Crippen molar-refractivity contribution >= 4 is 32.7 Å². The van der Waals surface area contributed by atoms with Crippen molar-refractivity contribution in [1.82, 2.24) is 0 Å². The topological polar surface area (TPSA) is 89.1 Å². The first-order chi connectivity index (χ1) is 13.8. The van der Waals surface area contributed by atoms with Crippen LogP contribution in [0.25, 0.3) is 32.7 Å². The molecular weight excluding hydrogens is 372 g/mol. The molecule has 0 saturated heterocycles. The predicted octanol–water partition coefficient (Wildman–Crippen LogP) is 3.67. The van der Waals surface area contributed by atoms with Crippen LogP contribution in [-0.4, -0.2) is 29.0 Å². The summed E-state index contributed by atoms with van der Waals surface area (Å²) in [6.45, 7) is 3.37. The number of aliphatic hydroxyl groups is 2. The first-order valence-corrected chi connectivity index (χ1v) is 9.37. The first-order valence-electron chi connectivity index (χ1n) is 9.37. The summed E-state index contributed by atoms with van der Waals surface area (Å²) in [5.41, 5.74) is -0.276. The van der Waals surface area contributed by atoms with Crippen molar-refractivity contribution in [2.75, 3.05) is 7.11 Å². The Hall–Kier alpha value is -3.09. The van der Waals surface area contributed by atoms with Crippen molar-refractivity contribution in [3.63, 3.8) is 0 Å². The second kappa shape index (κ2) is 5.95. The predicted molar refractivity (Wildman–Crippen MR) is 110 cm³/mol. The molecule has 4 aromatic rings. The van der Waals surface area contributed by atoms with Crippen LogP contribution in [0.4, 0.5) is 0 Å². The molecule has 1 aliphatic rings. The van der Waals surface area contributed by atoms with E-state index in [1.54, 1.807) is 26.0 Å². The van der Waals surface area contributed by atoms with Crippen molar-refractivity contribution in [3.05, 3.63) is 58.3 Å². The molecule has 6 nitrogen and oxygen atoms in total. The third-order valence-corrected chi connectivity index (χ3v) is 5.67. The van der Waals surface area contributed by atoms with Gasteiger partial charge < -0.3 is 24.1 Å². The van der Waals surface area contributed by atoms with Crippen molar-refractivity contribution in [2.45, 2.75) is 31.7 Å². The summed E-state index contributed by atoms with van der Waals surface area (Å²) in [6, 6.07) is 12.9. The Kier molecular flexibility index (Phi) is 3.69. The summed E-state index contributed by atoms with van der Waals surface area (Å²) in [6.07, 6.45) is -2.45. The van der Waals surface area contributed by atoms with Gasteiger partial charge in [0.2, 0.25) is 5.43 Å². The number of benzene rings is 3. The summed E-state index contributed by atoms with van der Waals surface area (Å²) in [4.78, 5) is 13.4. The number of rotatable bonds is 1. The molecule has 5 rings (SSSR count). The Morgan fingerprint density at radius 2 is 1.72 bits per heavy atom. The van der Waals surface area contributed by atoms with E-state index in [4.69, 9.17) is 13.9 Å². The number of hydrogen-bond donors (Lipinski definition) is 2. The Bertz CT molecular complexity index is 1350. The molecule has 0 spiro atoms. The van der Waals surface area contributed by atoms with Crippen molar-refractivity contribution in [3.8, 4) is 11.5 Å². The molecule has 2 heterocycles. The van der Waals surface area contributed by atoms with Gasteiger partial charge in [0.25, 0.3) is 0 Å². The molecule has 0 fully saturated rings. The quantitative estimate of drug-likeness (QED) is 0.481. The number of ether oxygens (including phenoxy) is 2. The third-order valence-electron chi connectivity index (χ3n) is 5.67. The Morgan fingerprint density at radius 1 is 1.03 bits per heavy atom. The van der Waals surface area contributed by atoms with Gasteiger partial charge in [-0.05, 0) is 36.8 Å². The smallest absolute Gasteiger partial charge is 0.204 e. The van der Waals surface area contributed by atoms with Gasteiger partial charge in [-0.3, -0.25) is 4.79 Å². The Morgan fingerprint density at radius 3 is 2.41 bits per heavy atom. The fraction of sp³-hybridized carbons (Fsp3) is 0.261. The minimum absolute atomic E-state index is 0.156. The number of fused-ring (bicyclic) bond motifs is 4. The van der Waals surface area contributed by atoms with Gasteiger partial charge in [0.15, 0.2) is 0 Å². The number of methoxy groups -OCH3 is 1. The molecule has 0 saturated carbocycles. The lowest BCUT2D eigenvalue weighted by molar-refractivity contribution is -0.112. The van der Waals surface area contributed by atoms with Gasteiger partial charge in [-0.2, -0.15) is 0 Å².